The van der Waals surface area contributed by atoms with E-state index in [1.807, 2.05) is 0 Å². The highest BCUT2D eigenvalue weighted by atomic mass is 16.6. The van der Waals surface area contributed by atoms with Crippen molar-refractivity contribution >= 4 is 0 Å². The predicted octanol–water partition coefficient (Wildman–Crippen LogP) is 4.12. The van der Waals surface area contributed by atoms with Gasteiger partial charge in [0.2, 0.25) is 0 Å². The molecular weight excluding hydrogens is 252 g/mol. The lowest BCUT2D eigenvalue weighted by atomic mass is 9.81. The molecule has 0 radical (unpaired) electrons. The third-order valence-electron chi connectivity index (χ3n) is 4.22. The first-order valence-electron chi connectivity index (χ1n) is 7.75. The lowest BCUT2D eigenvalue weighted by Gasteiger charge is -2.28. The van der Waals surface area contributed by atoms with Gasteiger partial charge in [0.15, 0.2) is 0 Å². The lowest BCUT2D eigenvalue weighted by molar-refractivity contribution is -0.424. The summed E-state index contributed by atoms with van der Waals surface area (Å²) in [5.41, 5.74) is 2.11. The molecule has 0 spiro atoms. The second-order valence-corrected chi connectivity index (χ2v) is 6.86. The van der Waals surface area contributed by atoms with Gasteiger partial charge in [-0.25, -0.2) is 0 Å². The maximum atomic E-state index is 11.7. The topological polar surface area (TPSA) is 46.4 Å². The molecular formula is C16H26N2O2. The van der Waals surface area contributed by atoms with Crippen LogP contribution in [0.2, 0.25) is 0 Å². The smallest absolute Gasteiger partial charge is 0.291 e. The number of likely N-dealkylation sites (tertiary alicyclic amines) is 1. The Morgan fingerprint density at radius 1 is 1.15 bits per heavy atom. The van der Waals surface area contributed by atoms with E-state index in [4.69, 9.17) is 0 Å². The van der Waals surface area contributed by atoms with Gasteiger partial charge < -0.3 is 4.90 Å². The Bertz CT molecular complexity index is 438. The zero-order valence-electron chi connectivity index (χ0n) is 12.9. The molecule has 1 aliphatic heterocycles. The highest BCUT2D eigenvalue weighted by molar-refractivity contribution is 5.34. The fourth-order valence-electron chi connectivity index (χ4n) is 3.21. The van der Waals surface area contributed by atoms with E-state index in [0.717, 1.165) is 62.9 Å². The molecule has 2 rings (SSSR count). The highest BCUT2D eigenvalue weighted by Gasteiger charge is 2.34. The first kappa shape index (κ1) is 15.1. The van der Waals surface area contributed by atoms with E-state index in [2.05, 4.69) is 31.7 Å². The van der Waals surface area contributed by atoms with Gasteiger partial charge >= 0.3 is 0 Å². The van der Waals surface area contributed by atoms with Crippen molar-refractivity contribution in [3.63, 3.8) is 0 Å². The summed E-state index contributed by atoms with van der Waals surface area (Å²) >= 11 is 0. The third-order valence-corrected chi connectivity index (χ3v) is 4.22. The molecule has 0 saturated carbocycles. The normalized spacial score (nSPS) is 27.8. The molecule has 2 aliphatic rings. The number of hydrogen-bond acceptors (Lipinski definition) is 3. The average Bonchev–Trinajstić information content (AvgIpc) is 2.79. The number of nitrogens with zero attached hydrogens (tertiary/aromatic N) is 2. The maximum Gasteiger partial charge on any atom is 0.291 e. The molecule has 0 amide bonds. The molecule has 0 aromatic carbocycles. The van der Waals surface area contributed by atoms with Crippen molar-refractivity contribution < 1.29 is 4.92 Å². The maximum absolute atomic E-state index is 11.7. The molecule has 0 N–H and O–H groups in total. The van der Waals surface area contributed by atoms with Gasteiger partial charge in [-0.1, -0.05) is 26.8 Å². The summed E-state index contributed by atoms with van der Waals surface area (Å²) in [6.07, 6.45) is 8.40. The van der Waals surface area contributed by atoms with Gasteiger partial charge in [-0.15, -0.1) is 0 Å². The van der Waals surface area contributed by atoms with E-state index in [1.165, 1.54) is 0 Å². The molecule has 1 heterocycles. The van der Waals surface area contributed by atoms with Gasteiger partial charge in [0, 0.05) is 18.7 Å². The fourth-order valence-corrected chi connectivity index (χ4v) is 3.21. The second-order valence-electron chi connectivity index (χ2n) is 6.86. The van der Waals surface area contributed by atoms with Crippen molar-refractivity contribution in [2.75, 3.05) is 13.1 Å². The Kier molecular flexibility index (Phi) is 4.51. The summed E-state index contributed by atoms with van der Waals surface area (Å²) < 4.78 is 0. The molecule has 0 aromatic rings. The van der Waals surface area contributed by atoms with Crippen molar-refractivity contribution in [2.45, 2.75) is 59.3 Å². The van der Waals surface area contributed by atoms with Gasteiger partial charge in [-0.2, -0.15) is 0 Å². The highest BCUT2D eigenvalue weighted by Crippen LogP contribution is 2.37. The van der Waals surface area contributed by atoms with Crippen LogP contribution in [0.1, 0.15) is 59.3 Å². The Balaban J connectivity index is 2.51. The van der Waals surface area contributed by atoms with Crippen molar-refractivity contribution in [3.8, 4) is 0 Å². The molecule has 1 aliphatic carbocycles. The summed E-state index contributed by atoms with van der Waals surface area (Å²) in [6.45, 7) is 8.18. The number of nitro groups is 1. The molecule has 1 saturated heterocycles. The van der Waals surface area contributed by atoms with E-state index >= 15 is 0 Å². The molecule has 0 aromatic heterocycles. The molecule has 0 atom stereocenters. The Hall–Kier alpha value is -1.32. The molecule has 20 heavy (non-hydrogen) atoms. The Morgan fingerprint density at radius 2 is 1.80 bits per heavy atom. The predicted molar refractivity (Wildman–Crippen MR) is 80.8 cm³/mol. The number of allylic oxidation sites excluding steroid dienone is 3. The van der Waals surface area contributed by atoms with Gasteiger partial charge in [0.1, 0.15) is 0 Å². The van der Waals surface area contributed by atoms with Crippen LogP contribution in [0.15, 0.2) is 23.0 Å². The van der Waals surface area contributed by atoms with Crippen LogP contribution in [-0.2, 0) is 0 Å². The van der Waals surface area contributed by atoms with Crippen LogP contribution in [0.25, 0.3) is 0 Å². The van der Waals surface area contributed by atoms with E-state index in [1.54, 1.807) is 0 Å². The second kappa shape index (κ2) is 5.98. The first-order valence-corrected chi connectivity index (χ1v) is 7.75. The minimum Gasteiger partial charge on any atom is -0.369 e. The molecule has 1 fully saturated rings. The molecule has 0 unspecified atom stereocenters. The van der Waals surface area contributed by atoms with Crippen molar-refractivity contribution in [1.82, 2.24) is 4.90 Å². The van der Waals surface area contributed by atoms with Crippen LogP contribution in [0.5, 0.6) is 0 Å². The molecule has 0 bridgehead atoms. The van der Waals surface area contributed by atoms with Crippen molar-refractivity contribution in [2.24, 2.45) is 5.41 Å². The van der Waals surface area contributed by atoms with Crippen LogP contribution in [0.4, 0.5) is 0 Å². The van der Waals surface area contributed by atoms with Crippen LogP contribution >= 0.6 is 0 Å². The fraction of sp³-hybridized carbons (Fsp3) is 0.750. The minimum atomic E-state index is -0.176. The standard InChI is InChI=1S/C16H26N2O2/c1-16(2,3)13-9-5-4-6-10-14(15(13)18(19)20)17-11-7-8-12-17/h9H,4-8,10-12H2,1-3H3/b13-9+,15-14-. The summed E-state index contributed by atoms with van der Waals surface area (Å²) in [5, 5.41) is 11.7. The Labute approximate surface area is 121 Å². The van der Waals surface area contributed by atoms with Crippen molar-refractivity contribution in [3.05, 3.63) is 33.2 Å². The van der Waals surface area contributed by atoms with Crippen LogP contribution in [0, 0.1) is 15.5 Å². The minimum absolute atomic E-state index is 0.143. The molecule has 4 heteroatoms. The van der Waals surface area contributed by atoms with Gasteiger partial charge in [0.05, 0.1) is 10.6 Å². The summed E-state index contributed by atoms with van der Waals surface area (Å²) in [6, 6.07) is 0. The van der Waals surface area contributed by atoms with Gasteiger partial charge in [-0.05, 0) is 43.9 Å². The Morgan fingerprint density at radius 3 is 2.35 bits per heavy atom. The van der Waals surface area contributed by atoms with Crippen LogP contribution in [-0.4, -0.2) is 22.9 Å². The average molecular weight is 278 g/mol. The van der Waals surface area contributed by atoms with E-state index in [-0.39, 0.29) is 10.3 Å². The zero-order valence-corrected chi connectivity index (χ0v) is 12.9. The van der Waals surface area contributed by atoms with Gasteiger partial charge in [0.25, 0.3) is 5.70 Å². The third kappa shape index (κ3) is 3.22. The molecule has 112 valence electrons. The van der Waals surface area contributed by atoms with Crippen LogP contribution in [0.3, 0.4) is 0 Å². The lowest BCUT2D eigenvalue weighted by Crippen LogP contribution is -2.27. The van der Waals surface area contributed by atoms with Gasteiger partial charge in [-0.3, -0.25) is 10.1 Å². The van der Waals surface area contributed by atoms with E-state index in [9.17, 15) is 10.1 Å². The quantitative estimate of drug-likeness (QED) is 0.564. The first-order chi connectivity index (χ1) is 9.41. The van der Waals surface area contributed by atoms with E-state index in [0.29, 0.717) is 5.70 Å². The zero-order chi connectivity index (χ0) is 14.8. The van der Waals surface area contributed by atoms with E-state index < -0.39 is 0 Å². The summed E-state index contributed by atoms with van der Waals surface area (Å²) in [4.78, 5) is 13.8. The summed E-state index contributed by atoms with van der Waals surface area (Å²) in [7, 11) is 0. The monoisotopic (exact) mass is 278 g/mol. The summed E-state index contributed by atoms with van der Waals surface area (Å²) in [5.74, 6) is 0. The number of rotatable bonds is 2. The number of hydrogen-bond donors (Lipinski definition) is 0. The SMILES string of the molecule is CC(C)(C)C1=C/CCCC/C(N2CCCC2)=C\1[N+](=O)[O-]. The van der Waals surface area contributed by atoms with Crippen molar-refractivity contribution in [1.29, 1.82) is 0 Å². The largest absolute Gasteiger partial charge is 0.369 e. The van der Waals surface area contributed by atoms with Crippen LogP contribution < -0.4 is 0 Å². The molecule has 4 nitrogen and oxygen atoms in total.